The quantitative estimate of drug-likeness (QED) is 0.474. The molecule has 2 aromatic carbocycles. The Bertz CT molecular complexity index is 973. The molecule has 1 heterocycles. The lowest BCUT2D eigenvalue weighted by molar-refractivity contribution is -0.120. The number of aromatic nitrogens is 1. The predicted octanol–water partition coefficient (Wildman–Crippen LogP) is 3.85. The normalized spacial score (nSPS) is 10.6. The minimum Gasteiger partial charge on any atom is -0.495 e. The van der Waals surface area contributed by atoms with E-state index in [1.165, 1.54) is 35.6 Å². The summed E-state index contributed by atoms with van der Waals surface area (Å²) in [7, 11) is 7.03. The highest BCUT2D eigenvalue weighted by Crippen LogP contribution is 2.40. The third-order valence-electron chi connectivity index (χ3n) is 4.38. The van der Waals surface area contributed by atoms with Crippen LogP contribution < -0.4 is 19.1 Å². The Hall–Kier alpha value is -2.62. The minimum absolute atomic E-state index is 0. The number of fused-ring (bicyclic) bond motifs is 1. The summed E-state index contributed by atoms with van der Waals surface area (Å²) in [5, 5.41) is 0.530. The van der Waals surface area contributed by atoms with E-state index in [0.717, 1.165) is 4.70 Å². The molecule has 3 aromatic rings. The number of amides is 1. The average molecular weight is 470 g/mol. The molecule has 1 aromatic heterocycles. The molecule has 0 saturated carbocycles. The van der Waals surface area contributed by atoms with Crippen LogP contribution in [0.15, 0.2) is 36.4 Å². The molecule has 0 atom stereocenters. The van der Waals surface area contributed by atoms with Gasteiger partial charge in [0.1, 0.15) is 33.3 Å². The van der Waals surface area contributed by atoms with Gasteiger partial charge in [0.2, 0.25) is 0 Å². The lowest BCUT2D eigenvalue weighted by Gasteiger charge is -2.22. The summed E-state index contributed by atoms with van der Waals surface area (Å²) in [5.41, 5.74) is 0.638. The molecule has 0 bridgehead atoms. The summed E-state index contributed by atoms with van der Waals surface area (Å²) in [6.45, 7) is 0.888. The number of thiazole rings is 1. The van der Waals surface area contributed by atoms with Gasteiger partial charge in [-0.2, -0.15) is 0 Å². The zero-order valence-electron chi connectivity index (χ0n) is 17.8. The van der Waals surface area contributed by atoms with Crippen LogP contribution in [0, 0.1) is 5.82 Å². The molecule has 0 unspecified atom stereocenters. The van der Waals surface area contributed by atoms with Crippen LogP contribution in [0.25, 0.3) is 10.2 Å². The van der Waals surface area contributed by atoms with E-state index in [2.05, 4.69) is 4.98 Å². The van der Waals surface area contributed by atoms with E-state index in [1.54, 1.807) is 25.2 Å². The largest absolute Gasteiger partial charge is 0.495 e. The second-order valence-corrected chi connectivity index (χ2v) is 7.71. The van der Waals surface area contributed by atoms with Gasteiger partial charge in [0.15, 0.2) is 11.7 Å². The topological polar surface area (TPSA) is 64.1 Å². The molecule has 0 aliphatic rings. The number of anilines is 1. The van der Waals surface area contributed by atoms with E-state index >= 15 is 0 Å². The minimum atomic E-state index is -0.362. The van der Waals surface area contributed by atoms with Gasteiger partial charge in [-0.05, 0) is 50.5 Å². The summed E-state index contributed by atoms with van der Waals surface area (Å²) < 4.78 is 30.3. The van der Waals surface area contributed by atoms with Crippen molar-refractivity contribution in [1.82, 2.24) is 9.88 Å². The highest BCUT2D eigenvalue weighted by molar-refractivity contribution is 7.22. The van der Waals surface area contributed by atoms with Crippen LogP contribution in [0.5, 0.6) is 17.2 Å². The summed E-state index contributed by atoms with van der Waals surface area (Å²) >= 11 is 1.36. The molecule has 3 rings (SSSR count). The first-order chi connectivity index (χ1) is 14.4. The number of likely N-dealkylation sites (N-methyl/N-ethyl adjacent to an activating group) is 1. The monoisotopic (exact) mass is 469 g/mol. The second-order valence-electron chi connectivity index (χ2n) is 6.74. The van der Waals surface area contributed by atoms with Crippen molar-refractivity contribution >= 4 is 45.0 Å². The van der Waals surface area contributed by atoms with E-state index in [-0.39, 0.29) is 30.7 Å². The van der Waals surface area contributed by atoms with Gasteiger partial charge in [0.05, 0.1) is 14.2 Å². The van der Waals surface area contributed by atoms with Gasteiger partial charge < -0.3 is 19.1 Å². The molecule has 7 nitrogen and oxygen atoms in total. The Morgan fingerprint density at radius 3 is 2.29 bits per heavy atom. The third kappa shape index (κ3) is 5.96. The lowest BCUT2D eigenvalue weighted by Crippen LogP contribution is -2.39. The number of hydrogen-bond acceptors (Lipinski definition) is 7. The van der Waals surface area contributed by atoms with Crippen LogP contribution >= 0.6 is 23.7 Å². The SMILES string of the molecule is COc1ccc(OC)c2sc(N(CCN(C)C)C(=O)COc3ccc(F)cc3)nc12.Cl. The first-order valence-electron chi connectivity index (χ1n) is 9.28. The van der Waals surface area contributed by atoms with Gasteiger partial charge in [0.25, 0.3) is 5.91 Å². The molecule has 0 saturated heterocycles. The van der Waals surface area contributed by atoms with Crippen LogP contribution in [0.2, 0.25) is 0 Å². The zero-order chi connectivity index (χ0) is 21.7. The standard InChI is InChI=1S/C21H24FN3O4S.ClH/c1-24(2)11-12-25(18(26)13-29-15-7-5-14(22)6-8-15)21-23-19-16(27-3)9-10-17(28-4)20(19)30-21;/h5-10H,11-13H2,1-4H3;1H. The van der Waals surface area contributed by atoms with E-state index in [4.69, 9.17) is 14.2 Å². The first kappa shape index (κ1) is 24.6. The first-order valence-corrected chi connectivity index (χ1v) is 10.1. The maximum Gasteiger partial charge on any atom is 0.266 e. The van der Waals surface area contributed by atoms with Crippen LogP contribution in [-0.4, -0.2) is 63.8 Å². The van der Waals surface area contributed by atoms with Gasteiger partial charge in [-0.3, -0.25) is 9.69 Å². The summed E-state index contributed by atoms with van der Waals surface area (Å²) in [4.78, 5) is 21.2. The number of ether oxygens (including phenoxy) is 3. The zero-order valence-corrected chi connectivity index (χ0v) is 19.4. The number of methoxy groups -OCH3 is 2. The second kappa shape index (κ2) is 11.1. The van der Waals surface area contributed by atoms with Crippen molar-refractivity contribution in [2.75, 3.05) is 52.9 Å². The van der Waals surface area contributed by atoms with E-state index in [9.17, 15) is 9.18 Å². The molecule has 0 N–H and O–H groups in total. The van der Waals surface area contributed by atoms with Crippen LogP contribution in [0.3, 0.4) is 0 Å². The fraction of sp³-hybridized carbons (Fsp3) is 0.333. The van der Waals surface area contributed by atoms with Crippen molar-refractivity contribution in [1.29, 1.82) is 0 Å². The third-order valence-corrected chi connectivity index (χ3v) is 5.47. The molecule has 0 spiro atoms. The van der Waals surface area contributed by atoms with E-state index < -0.39 is 0 Å². The molecule has 10 heteroatoms. The van der Waals surface area contributed by atoms with Crippen LogP contribution in [0.1, 0.15) is 0 Å². The lowest BCUT2D eigenvalue weighted by atomic mass is 10.3. The van der Waals surface area contributed by atoms with Gasteiger partial charge in [0, 0.05) is 13.1 Å². The predicted molar refractivity (Wildman–Crippen MR) is 123 cm³/mol. The Balaban J connectivity index is 0.00000341. The number of benzene rings is 2. The number of nitrogens with zero attached hydrogens (tertiary/aromatic N) is 3. The number of hydrogen-bond donors (Lipinski definition) is 0. The van der Waals surface area contributed by atoms with Gasteiger partial charge in [-0.15, -0.1) is 12.4 Å². The van der Waals surface area contributed by atoms with Crippen molar-refractivity contribution in [3.63, 3.8) is 0 Å². The fourth-order valence-corrected chi connectivity index (χ4v) is 3.89. The number of halogens is 2. The molecular weight excluding hydrogens is 445 g/mol. The van der Waals surface area contributed by atoms with Crippen LogP contribution in [-0.2, 0) is 4.79 Å². The van der Waals surface area contributed by atoms with E-state index in [1.807, 2.05) is 25.1 Å². The van der Waals surface area contributed by atoms with Crippen molar-refractivity contribution in [3.8, 4) is 17.2 Å². The average Bonchev–Trinajstić information content (AvgIpc) is 3.17. The summed E-state index contributed by atoms with van der Waals surface area (Å²) in [5.74, 6) is 1.08. The number of rotatable bonds is 9. The molecule has 31 heavy (non-hydrogen) atoms. The van der Waals surface area contributed by atoms with Crippen molar-refractivity contribution in [2.45, 2.75) is 0 Å². The maximum absolute atomic E-state index is 13.1. The Kier molecular flexibility index (Phi) is 8.85. The van der Waals surface area contributed by atoms with Gasteiger partial charge >= 0.3 is 0 Å². The highest BCUT2D eigenvalue weighted by Gasteiger charge is 2.23. The summed E-state index contributed by atoms with van der Waals surface area (Å²) in [6.07, 6.45) is 0. The molecule has 0 radical (unpaired) electrons. The fourth-order valence-electron chi connectivity index (χ4n) is 2.77. The van der Waals surface area contributed by atoms with Crippen molar-refractivity contribution < 1.29 is 23.4 Å². The molecule has 0 aliphatic carbocycles. The number of carbonyl (C=O) groups is 1. The Morgan fingerprint density at radius 1 is 1.03 bits per heavy atom. The van der Waals surface area contributed by atoms with Gasteiger partial charge in [-0.1, -0.05) is 11.3 Å². The summed E-state index contributed by atoms with van der Waals surface area (Å²) in [6, 6.07) is 9.15. The van der Waals surface area contributed by atoms with Crippen LogP contribution in [0.4, 0.5) is 9.52 Å². The van der Waals surface area contributed by atoms with Gasteiger partial charge in [-0.25, -0.2) is 9.37 Å². The molecule has 1 amide bonds. The molecule has 0 fully saturated rings. The van der Waals surface area contributed by atoms with E-state index in [0.29, 0.717) is 41.0 Å². The van der Waals surface area contributed by atoms with Crippen molar-refractivity contribution in [3.05, 3.63) is 42.2 Å². The highest BCUT2D eigenvalue weighted by atomic mass is 35.5. The molecule has 168 valence electrons. The Morgan fingerprint density at radius 2 is 1.68 bits per heavy atom. The number of carbonyl (C=O) groups excluding carboxylic acids is 1. The smallest absolute Gasteiger partial charge is 0.266 e. The molecule has 0 aliphatic heterocycles. The maximum atomic E-state index is 13.1. The Labute approximate surface area is 190 Å². The van der Waals surface area contributed by atoms with Crippen molar-refractivity contribution in [2.24, 2.45) is 0 Å². The molecular formula is C21H25ClFN3O4S.